The van der Waals surface area contributed by atoms with Gasteiger partial charge in [-0.1, -0.05) is 42.5 Å². The number of nitro groups is 1. The molecule has 0 aliphatic carbocycles. The van der Waals surface area contributed by atoms with Crippen molar-refractivity contribution in [2.24, 2.45) is 0 Å². The van der Waals surface area contributed by atoms with Crippen LogP contribution in [0, 0.1) is 10.1 Å². The van der Waals surface area contributed by atoms with Gasteiger partial charge in [0, 0.05) is 37.8 Å². The second-order valence-electron chi connectivity index (χ2n) is 7.02. The molecule has 2 heterocycles. The van der Waals surface area contributed by atoms with Gasteiger partial charge in [-0.3, -0.25) is 14.9 Å². The van der Waals surface area contributed by atoms with E-state index in [4.69, 9.17) is 4.74 Å². The van der Waals surface area contributed by atoms with Crippen molar-refractivity contribution in [1.29, 1.82) is 0 Å². The average Bonchev–Trinajstić information content (AvgIpc) is 2.83. The Kier molecular flexibility index (Phi) is 6.02. The predicted octanol–water partition coefficient (Wildman–Crippen LogP) is 2.78. The number of carbonyl (C=O) groups is 1. The fourth-order valence-corrected chi connectivity index (χ4v) is 3.40. The number of amides is 1. The van der Waals surface area contributed by atoms with Gasteiger partial charge < -0.3 is 14.5 Å². The molecule has 2 aromatic carbocycles. The molecule has 0 saturated carbocycles. The number of aromatic nitrogens is 2. The molecule has 0 radical (unpaired) electrons. The van der Waals surface area contributed by atoms with E-state index < -0.39 is 4.92 Å². The summed E-state index contributed by atoms with van der Waals surface area (Å²) in [6, 6.07) is 19.8. The maximum Gasteiger partial charge on any atom is 0.310 e. The van der Waals surface area contributed by atoms with Crippen LogP contribution in [-0.4, -0.2) is 58.7 Å². The predicted molar refractivity (Wildman–Crippen MR) is 115 cm³/mol. The van der Waals surface area contributed by atoms with Gasteiger partial charge in [0.25, 0.3) is 5.91 Å². The van der Waals surface area contributed by atoms with Crippen LogP contribution in [0.3, 0.4) is 0 Å². The number of hydrogen-bond acceptors (Lipinski definition) is 7. The Morgan fingerprint density at radius 3 is 2.32 bits per heavy atom. The van der Waals surface area contributed by atoms with Crippen molar-refractivity contribution < 1.29 is 14.5 Å². The number of ether oxygens (including phenoxy) is 1. The molecule has 0 bridgehead atoms. The zero-order chi connectivity index (χ0) is 21.6. The van der Waals surface area contributed by atoms with Gasteiger partial charge in [-0.15, -0.1) is 10.2 Å². The molecule has 0 unspecified atom stereocenters. The number of piperazine rings is 1. The molecule has 158 valence electrons. The number of nitro benzene ring substituents is 1. The summed E-state index contributed by atoms with van der Waals surface area (Å²) in [5.41, 5.74) is 1.67. The summed E-state index contributed by atoms with van der Waals surface area (Å²) < 4.78 is 5.41. The van der Waals surface area contributed by atoms with Gasteiger partial charge in [0.05, 0.1) is 10.6 Å². The van der Waals surface area contributed by atoms with Crippen molar-refractivity contribution in [2.45, 2.75) is 0 Å². The van der Waals surface area contributed by atoms with E-state index in [9.17, 15) is 14.9 Å². The minimum atomic E-state index is -0.525. The van der Waals surface area contributed by atoms with E-state index >= 15 is 0 Å². The summed E-state index contributed by atoms with van der Waals surface area (Å²) >= 11 is 0. The van der Waals surface area contributed by atoms with Crippen LogP contribution in [-0.2, 0) is 4.79 Å². The van der Waals surface area contributed by atoms with Crippen molar-refractivity contribution in [3.63, 3.8) is 0 Å². The molecule has 9 heteroatoms. The molecule has 31 heavy (non-hydrogen) atoms. The zero-order valence-electron chi connectivity index (χ0n) is 16.8. The molecular weight excluding hydrogens is 398 g/mol. The summed E-state index contributed by atoms with van der Waals surface area (Å²) in [4.78, 5) is 26.8. The lowest BCUT2D eigenvalue weighted by Crippen LogP contribution is -2.50. The molecule has 0 atom stereocenters. The lowest BCUT2D eigenvalue weighted by Gasteiger charge is -2.35. The molecule has 1 aliphatic rings. The average molecular weight is 419 g/mol. The van der Waals surface area contributed by atoms with Gasteiger partial charge >= 0.3 is 5.69 Å². The first-order valence-corrected chi connectivity index (χ1v) is 9.90. The number of para-hydroxylation sites is 2. The van der Waals surface area contributed by atoms with Crippen LogP contribution in [0.5, 0.6) is 5.75 Å². The van der Waals surface area contributed by atoms with Crippen LogP contribution in [0.4, 0.5) is 11.5 Å². The van der Waals surface area contributed by atoms with Crippen molar-refractivity contribution in [2.75, 3.05) is 37.7 Å². The van der Waals surface area contributed by atoms with E-state index in [1.807, 2.05) is 42.5 Å². The Balaban J connectivity index is 1.30. The summed E-state index contributed by atoms with van der Waals surface area (Å²) in [6.45, 7) is 2.03. The van der Waals surface area contributed by atoms with Crippen LogP contribution < -0.4 is 9.64 Å². The minimum Gasteiger partial charge on any atom is -0.477 e. The number of anilines is 1. The number of carbonyl (C=O) groups excluding carboxylic acids is 1. The largest absolute Gasteiger partial charge is 0.477 e. The smallest absolute Gasteiger partial charge is 0.310 e. The molecule has 3 aromatic rings. The minimum absolute atomic E-state index is 0.0910. The fraction of sp³-hybridized carbons (Fsp3) is 0.227. The lowest BCUT2D eigenvalue weighted by atomic mass is 10.1. The Labute approximate surface area is 179 Å². The van der Waals surface area contributed by atoms with E-state index in [2.05, 4.69) is 15.1 Å². The number of hydrogen-bond donors (Lipinski definition) is 0. The molecule has 1 amide bonds. The molecule has 4 rings (SSSR count). The van der Waals surface area contributed by atoms with Gasteiger partial charge in [0.1, 0.15) is 0 Å². The topological polar surface area (TPSA) is 102 Å². The van der Waals surface area contributed by atoms with Crippen molar-refractivity contribution in [3.8, 4) is 17.0 Å². The molecule has 1 fully saturated rings. The SMILES string of the molecule is O=C(COc1ccccc1[N+](=O)[O-])N1CCN(c2ccc(-c3ccccc3)nn2)CC1. The number of rotatable bonds is 6. The van der Waals surface area contributed by atoms with Crippen LogP contribution in [0.2, 0.25) is 0 Å². The van der Waals surface area contributed by atoms with E-state index in [0.717, 1.165) is 17.1 Å². The quantitative estimate of drug-likeness (QED) is 0.447. The van der Waals surface area contributed by atoms with E-state index in [1.165, 1.54) is 12.1 Å². The normalized spacial score (nSPS) is 13.7. The summed E-state index contributed by atoms with van der Waals surface area (Å²) in [6.07, 6.45) is 0. The highest BCUT2D eigenvalue weighted by atomic mass is 16.6. The standard InChI is InChI=1S/C22H21N5O4/c28-22(16-31-20-9-5-4-8-19(20)27(29)30)26-14-12-25(13-15-26)21-11-10-18(23-24-21)17-6-2-1-3-7-17/h1-11H,12-16H2. The number of nitrogens with zero attached hydrogens (tertiary/aromatic N) is 5. The third-order valence-corrected chi connectivity index (χ3v) is 5.09. The number of benzene rings is 2. The highest BCUT2D eigenvalue weighted by molar-refractivity contribution is 5.78. The van der Waals surface area contributed by atoms with Crippen molar-refractivity contribution in [1.82, 2.24) is 15.1 Å². The Hall–Kier alpha value is -4.01. The second kappa shape index (κ2) is 9.21. The summed E-state index contributed by atoms with van der Waals surface area (Å²) in [5.74, 6) is 0.652. The first kappa shape index (κ1) is 20.3. The lowest BCUT2D eigenvalue weighted by molar-refractivity contribution is -0.385. The van der Waals surface area contributed by atoms with Crippen LogP contribution in [0.15, 0.2) is 66.7 Å². The van der Waals surface area contributed by atoms with Gasteiger partial charge in [0.15, 0.2) is 18.2 Å². The van der Waals surface area contributed by atoms with Crippen LogP contribution in [0.25, 0.3) is 11.3 Å². The van der Waals surface area contributed by atoms with Crippen molar-refractivity contribution >= 4 is 17.4 Å². The summed E-state index contributed by atoms with van der Waals surface area (Å²) in [5, 5.41) is 19.7. The molecule has 9 nitrogen and oxygen atoms in total. The van der Waals surface area contributed by atoms with Crippen molar-refractivity contribution in [3.05, 3.63) is 76.8 Å². The van der Waals surface area contributed by atoms with Gasteiger partial charge in [-0.25, -0.2) is 0 Å². The maximum atomic E-state index is 12.5. The van der Waals surface area contributed by atoms with E-state index in [1.54, 1.807) is 17.0 Å². The summed E-state index contributed by atoms with van der Waals surface area (Å²) in [7, 11) is 0. The maximum absolute atomic E-state index is 12.5. The van der Waals surface area contributed by atoms with E-state index in [0.29, 0.717) is 26.2 Å². The highest BCUT2D eigenvalue weighted by Crippen LogP contribution is 2.26. The van der Waals surface area contributed by atoms with Gasteiger partial charge in [-0.2, -0.15) is 0 Å². The first-order valence-electron chi connectivity index (χ1n) is 9.90. The highest BCUT2D eigenvalue weighted by Gasteiger charge is 2.23. The third-order valence-electron chi connectivity index (χ3n) is 5.09. The molecule has 1 aliphatic heterocycles. The monoisotopic (exact) mass is 419 g/mol. The fourth-order valence-electron chi connectivity index (χ4n) is 3.40. The third kappa shape index (κ3) is 4.77. The molecule has 0 spiro atoms. The van der Waals surface area contributed by atoms with Crippen LogP contribution in [0.1, 0.15) is 0 Å². The molecule has 1 saturated heterocycles. The second-order valence-corrected chi connectivity index (χ2v) is 7.02. The van der Waals surface area contributed by atoms with Crippen LogP contribution >= 0.6 is 0 Å². The molecule has 1 aromatic heterocycles. The molecule has 0 N–H and O–H groups in total. The first-order chi connectivity index (χ1) is 15.1. The van der Waals surface area contributed by atoms with E-state index in [-0.39, 0.29) is 24.0 Å². The van der Waals surface area contributed by atoms with Gasteiger partial charge in [0.2, 0.25) is 0 Å². The zero-order valence-corrected chi connectivity index (χ0v) is 16.8. The molecular formula is C22H21N5O4. The Morgan fingerprint density at radius 1 is 0.935 bits per heavy atom. The Bertz CT molecular complexity index is 1050. The van der Waals surface area contributed by atoms with Gasteiger partial charge in [-0.05, 0) is 18.2 Å². The Morgan fingerprint density at radius 2 is 1.65 bits per heavy atom.